The lowest BCUT2D eigenvalue weighted by Gasteiger charge is -2.11. The van der Waals surface area contributed by atoms with Crippen molar-refractivity contribution in [3.05, 3.63) is 72.1 Å². The number of aromatic nitrogens is 1. The van der Waals surface area contributed by atoms with Crippen LogP contribution in [0.1, 0.15) is 11.3 Å². The number of ether oxygens (including phenoxy) is 1. The molecule has 0 aliphatic rings. The standard InChI is InChI=1S/C21H24N4O2.HI/c1-16-8-10-17(11-9-16)20-25-18(15-27-20)14-24-21(22-2)23-12-13-26-19-6-4-3-5-7-19;/h3-11,15H,12-14H2,1-2H3,(H2,22,23,24);1H. The molecule has 7 heteroatoms. The molecule has 3 rings (SSSR count). The molecule has 0 saturated carbocycles. The molecule has 28 heavy (non-hydrogen) atoms. The average molecular weight is 492 g/mol. The molecule has 0 radical (unpaired) electrons. The Morgan fingerprint density at radius 3 is 2.54 bits per heavy atom. The number of benzene rings is 2. The van der Waals surface area contributed by atoms with Crippen molar-refractivity contribution < 1.29 is 9.15 Å². The number of nitrogens with one attached hydrogen (secondary N) is 2. The number of hydrogen-bond acceptors (Lipinski definition) is 4. The lowest BCUT2D eigenvalue weighted by Crippen LogP contribution is -2.38. The molecular weight excluding hydrogens is 467 g/mol. The van der Waals surface area contributed by atoms with E-state index in [1.54, 1.807) is 13.3 Å². The number of hydrogen-bond donors (Lipinski definition) is 2. The maximum Gasteiger partial charge on any atom is 0.226 e. The highest BCUT2D eigenvalue weighted by atomic mass is 127. The third kappa shape index (κ3) is 6.56. The van der Waals surface area contributed by atoms with Crippen molar-refractivity contribution in [1.82, 2.24) is 15.6 Å². The van der Waals surface area contributed by atoms with E-state index in [2.05, 4.69) is 27.5 Å². The van der Waals surface area contributed by atoms with Crippen LogP contribution in [-0.4, -0.2) is 31.1 Å². The van der Waals surface area contributed by atoms with Gasteiger partial charge in [-0.05, 0) is 31.2 Å². The first-order chi connectivity index (χ1) is 13.2. The predicted octanol–water partition coefficient (Wildman–Crippen LogP) is 4.01. The zero-order chi connectivity index (χ0) is 18.9. The molecule has 6 nitrogen and oxygen atoms in total. The first-order valence-corrected chi connectivity index (χ1v) is 8.88. The van der Waals surface area contributed by atoms with Gasteiger partial charge in [0.1, 0.15) is 18.6 Å². The molecular formula is C21H25IN4O2. The first-order valence-electron chi connectivity index (χ1n) is 8.88. The normalized spacial score (nSPS) is 10.9. The van der Waals surface area contributed by atoms with Crippen LogP contribution < -0.4 is 15.4 Å². The number of oxazole rings is 1. The minimum Gasteiger partial charge on any atom is -0.492 e. The maximum atomic E-state index is 5.65. The molecule has 2 aromatic carbocycles. The fourth-order valence-electron chi connectivity index (χ4n) is 2.47. The van der Waals surface area contributed by atoms with E-state index < -0.39 is 0 Å². The Morgan fingerprint density at radius 2 is 1.82 bits per heavy atom. The van der Waals surface area contributed by atoms with Crippen molar-refractivity contribution >= 4 is 29.9 Å². The lowest BCUT2D eigenvalue weighted by atomic mass is 10.1. The van der Waals surface area contributed by atoms with E-state index in [0.29, 0.717) is 31.5 Å². The Bertz CT molecular complexity index is 864. The summed E-state index contributed by atoms with van der Waals surface area (Å²) in [4.78, 5) is 8.72. The van der Waals surface area contributed by atoms with Crippen LogP contribution in [0.5, 0.6) is 5.75 Å². The van der Waals surface area contributed by atoms with E-state index in [9.17, 15) is 0 Å². The van der Waals surface area contributed by atoms with Gasteiger partial charge in [-0.25, -0.2) is 4.98 Å². The molecule has 0 saturated heterocycles. The number of rotatable bonds is 7. The van der Waals surface area contributed by atoms with Gasteiger partial charge in [0.15, 0.2) is 5.96 Å². The number of aliphatic imine (C=N–C) groups is 1. The summed E-state index contributed by atoms with van der Waals surface area (Å²) in [6.45, 7) is 3.76. The van der Waals surface area contributed by atoms with Gasteiger partial charge in [0.25, 0.3) is 0 Å². The third-order valence-electron chi connectivity index (χ3n) is 3.92. The smallest absolute Gasteiger partial charge is 0.226 e. The van der Waals surface area contributed by atoms with Gasteiger partial charge in [0.2, 0.25) is 5.89 Å². The van der Waals surface area contributed by atoms with Crippen LogP contribution in [-0.2, 0) is 6.54 Å². The molecule has 0 atom stereocenters. The fourth-order valence-corrected chi connectivity index (χ4v) is 2.47. The summed E-state index contributed by atoms with van der Waals surface area (Å²) in [6.07, 6.45) is 1.66. The van der Waals surface area contributed by atoms with Crippen molar-refractivity contribution in [1.29, 1.82) is 0 Å². The van der Waals surface area contributed by atoms with Gasteiger partial charge in [0, 0.05) is 12.6 Å². The molecule has 0 spiro atoms. The molecule has 1 heterocycles. The molecule has 0 unspecified atom stereocenters. The third-order valence-corrected chi connectivity index (χ3v) is 3.92. The van der Waals surface area contributed by atoms with Crippen LogP contribution in [0.15, 0.2) is 70.3 Å². The zero-order valence-corrected chi connectivity index (χ0v) is 18.3. The van der Waals surface area contributed by atoms with Crippen molar-refractivity contribution in [3.8, 4) is 17.2 Å². The van der Waals surface area contributed by atoms with Gasteiger partial charge in [-0.2, -0.15) is 0 Å². The van der Waals surface area contributed by atoms with Crippen LogP contribution in [0.2, 0.25) is 0 Å². The number of guanidine groups is 1. The highest BCUT2D eigenvalue weighted by molar-refractivity contribution is 14.0. The molecule has 0 aliphatic heterocycles. The molecule has 3 aromatic rings. The minimum absolute atomic E-state index is 0. The molecule has 2 N–H and O–H groups in total. The van der Waals surface area contributed by atoms with Crippen LogP contribution in [0.25, 0.3) is 11.5 Å². The second-order valence-corrected chi connectivity index (χ2v) is 6.02. The minimum atomic E-state index is 0. The van der Waals surface area contributed by atoms with Crippen molar-refractivity contribution in [2.24, 2.45) is 4.99 Å². The van der Waals surface area contributed by atoms with Crippen LogP contribution in [0.4, 0.5) is 0 Å². The summed E-state index contributed by atoms with van der Waals surface area (Å²) in [7, 11) is 1.73. The highest BCUT2D eigenvalue weighted by Gasteiger charge is 2.07. The van der Waals surface area contributed by atoms with E-state index >= 15 is 0 Å². The van der Waals surface area contributed by atoms with Crippen molar-refractivity contribution in [2.45, 2.75) is 13.5 Å². The van der Waals surface area contributed by atoms with Crippen LogP contribution in [0.3, 0.4) is 0 Å². The number of halogens is 1. The molecule has 0 fully saturated rings. The van der Waals surface area contributed by atoms with Crippen LogP contribution >= 0.6 is 24.0 Å². The number of para-hydroxylation sites is 1. The molecule has 0 amide bonds. The van der Waals surface area contributed by atoms with Gasteiger partial charge in [0.05, 0.1) is 18.8 Å². The Labute approximate surface area is 182 Å². The van der Waals surface area contributed by atoms with Gasteiger partial charge >= 0.3 is 0 Å². The average Bonchev–Trinajstić information content (AvgIpc) is 3.18. The van der Waals surface area contributed by atoms with Crippen LogP contribution in [0, 0.1) is 6.92 Å². The van der Waals surface area contributed by atoms with E-state index in [4.69, 9.17) is 9.15 Å². The number of aryl methyl sites for hydroxylation is 1. The first kappa shape index (κ1) is 21.7. The van der Waals surface area contributed by atoms with Gasteiger partial charge in [-0.1, -0.05) is 35.9 Å². The Morgan fingerprint density at radius 1 is 1.07 bits per heavy atom. The topological polar surface area (TPSA) is 71.7 Å². The largest absolute Gasteiger partial charge is 0.492 e. The Kier molecular flexibility index (Phi) is 8.80. The summed E-state index contributed by atoms with van der Waals surface area (Å²) in [6, 6.07) is 17.8. The summed E-state index contributed by atoms with van der Waals surface area (Å²) >= 11 is 0. The van der Waals surface area contributed by atoms with Gasteiger partial charge in [-0.15, -0.1) is 24.0 Å². The molecule has 0 bridgehead atoms. The number of nitrogens with zero attached hydrogens (tertiary/aromatic N) is 2. The van der Waals surface area contributed by atoms with Crippen molar-refractivity contribution in [3.63, 3.8) is 0 Å². The summed E-state index contributed by atoms with van der Waals surface area (Å²) in [5.74, 6) is 2.16. The second kappa shape index (κ2) is 11.3. The molecule has 1 aromatic heterocycles. The SMILES string of the molecule is CN=C(NCCOc1ccccc1)NCc1coc(-c2ccc(C)cc2)n1.I. The highest BCUT2D eigenvalue weighted by Crippen LogP contribution is 2.18. The summed E-state index contributed by atoms with van der Waals surface area (Å²) in [5, 5.41) is 6.43. The monoisotopic (exact) mass is 492 g/mol. The fraction of sp³-hybridized carbons (Fsp3) is 0.238. The lowest BCUT2D eigenvalue weighted by molar-refractivity contribution is 0.322. The van der Waals surface area contributed by atoms with E-state index in [1.807, 2.05) is 54.6 Å². The van der Waals surface area contributed by atoms with Crippen molar-refractivity contribution in [2.75, 3.05) is 20.2 Å². The quantitative estimate of drug-likeness (QED) is 0.226. The van der Waals surface area contributed by atoms with E-state index in [1.165, 1.54) is 5.56 Å². The summed E-state index contributed by atoms with van der Waals surface area (Å²) in [5.41, 5.74) is 2.99. The van der Waals surface area contributed by atoms with E-state index in [-0.39, 0.29) is 24.0 Å². The van der Waals surface area contributed by atoms with Gasteiger partial charge in [-0.3, -0.25) is 4.99 Å². The Hall–Kier alpha value is -2.55. The van der Waals surface area contributed by atoms with Gasteiger partial charge < -0.3 is 19.8 Å². The molecule has 0 aliphatic carbocycles. The second-order valence-electron chi connectivity index (χ2n) is 6.02. The molecule has 148 valence electrons. The maximum absolute atomic E-state index is 5.65. The predicted molar refractivity (Wildman–Crippen MR) is 122 cm³/mol. The van der Waals surface area contributed by atoms with E-state index in [0.717, 1.165) is 17.0 Å². The zero-order valence-electron chi connectivity index (χ0n) is 16.0. The Balaban J connectivity index is 0.00000280. The summed E-state index contributed by atoms with van der Waals surface area (Å²) < 4.78 is 11.2.